The van der Waals surface area contributed by atoms with Gasteiger partial charge in [0.1, 0.15) is 23.2 Å². The van der Waals surface area contributed by atoms with Crippen molar-refractivity contribution in [3.8, 4) is 5.75 Å². The van der Waals surface area contributed by atoms with Crippen molar-refractivity contribution < 1.29 is 28.6 Å². The van der Waals surface area contributed by atoms with Gasteiger partial charge in [0, 0.05) is 15.0 Å². The molecule has 0 spiro atoms. The van der Waals surface area contributed by atoms with Gasteiger partial charge in [0.25, 0.3) is 11.7 Å². The highest BCUT2D eigenvalue weighted by molar-refractivity contribution is 8.01. The number of β-lactam (4-membered cyclic amide) rings is 1. The van der Waals surface area contributed by atoms with E-state index in [0.717, 1.165) is 42.3 Å². The van der Waals surface area contributed by atoms with E-state index in [1.807, 2.05) is 0 Å². The number of aliphatic carboxylic acids is 1. The maximum absolute atomic E-state index is 15.5. The van der Waals surface area contributed by atoms with Gasteiger partial charge < -0.3 is 25.8 Å². The van der Waals surface area contributed by atoms with E-state index in [-0.39, 0.29) is 6.10 Å². The third-order valence-corrected chi connectivity index (χ3v) is 8.92. The lowest BCUT2D eigenvalue weighted by Gasteiger charge is -2.47. The van der Waals surface area contributed by atoms with Crippen LogP contribution in [-0.4, -0.2) is 55.8 Å². The maximum Gasteiger partial charge on any atom is 0.327 e. The molecule has 0 aromatic carbocycles. The molecule has 0 bridgehead atoms. The Hall–Kier alpha value is -1.85. The number of rotatable bonds is 6. The highest BCUT2D eigenvalue weighted by Gasteiger charge is 2.73. The Morgan fingerprint density at radius 3 is 2.59 bits per heavy atom. The quantitative estimate of drug-likeness (QED) is 0.322. The summed E-state index contributed by atoms with van der Waals surface area (Å²) in [5.74, 6) is -5.14. The standard InChI is InChI=1S/C21H28FN3O5S2/c1-20(2)15(17(27)28)25-18(29)21(22,19(25)32-20)24-16(26)14(23)13-9-12(10-31-13)30-11-7-5-3-4-6-8-11/h9-11,14-15,19H,3-8,23H2,1-2H3,(H,24,26)(H,27,28)/t14?,15-,19+,21?/m0/s1. The number of nitrogens with zero attached hydrogens (tertiary/aromatic N) is 1. The largest absolute Gasteiger partial charge is 0.490 e. The summed E-state index contributed by atoms with van der Waals surface area (Å²) >= 11 is 2.26. The predicted molar refractivity (Wildman–Crippen MR) is 119 cm³/mol. The van der Waals surface area contributed by atoms with Crippen LogP contribution < -0.4 is 15.8 Å². The lowest BCUT2D eigenvalue weighted by atomic mass is 9.94. The number of fused-ring (bicyclic) bond motifs is 1. The molecule has 4 N–H and O–H groups in total. The molecule has 0 radical (unpaired) electrons. The number of amides is 2. The molecule has 3 heterocycles. The first-order valence-corrected chi connectivity index (χ1v) is 12.6. The number of halogens is 1. The van der Waals surface area contributed by atoms with Crippen LogP contribution in [0.3, 0.4) is 0 Å². The first-order chi connectivity index (χ1) is 15.0. The normalized spacial score (nSPS) is 30.8. The van der Waals surface area contributed by atoms with Crippen LogP contribution in [-0.2, 0) is 14.4 Å². The monoisotopic (exact) mass is 485 g/mol. The first-order valence-electron chi connectivity index (χ1n) is 10.8. The minimum atomic E-state index is -2.68. The van der Waals surface area contributed by atoms with E-state index in [1.165, 1.54) is 24.2 Å². The molecule has 1 aromatic rings. The Morgan fingerprint density at radius 1 is 1.31 bits per heavy atom. The second-order valence-corrected chi connectivity index (χ2v) is 11.8. The summed E-state index contributed by atoms with van der Waals surface area (Å²) in [5, 5.41) is 12.3. The highest BCUT2D eigenvalue weighted by Crippen LogP contribution is 2.55. The second kappa shape index (κ2) is 8.49. The van der Waals surface area contributed by atoms with Gasteiger partial charge in [-0.2, -0.15) is 0 Å². The van der Waals surface area contributed by atoms with Crippen molar-refractivity contribution in [2.45, 2.75) is 86.5 Å². The molecule has 2 aliphatic heterocycles. The van der Waals surface area contributed by atoms with E-state index in [9.17, 15) is 19.5 Å². The minimum absolute atomic E-state index is 0.141. The van der Waals surface area contributed by atoms with Crippen LogP contribution in [0.25, 0.3) is 0 Å². The number of nitrogens with one attached hydrogen (secondary N) is 1. The zero-order valence-corrected chi connectivity index (χ0v) is 19.6. The summed E-state index contributed by atoms with van der Waals surface area (Å²) in [4.78, 5) is 38.3. The second-order valence-electron chi connectivity index (χ2n) is 9.12. The summed E-state index contributed by atoms with van der Waals surface area (Å²) in [5.41, 5.74) is 6.06. The molecule has 4 atom stereocenters. The van der Waals surface area contributed by atoms with Gasteiger partial charge in [-0.1, -0.05) is 12.8 Å². The number of ether oxygens (including phenoxy) is 1. The van der Waals surface area contributed by atoms with Crippen molar-refractivity contribution in [3.63, 3.8) is 0 Å². The number of carbonyl (C=O) groups excluding carboxylic acids is 2. The molecular weight excluding hydrogens is 457 g/mol. The number of carboxylic acid groups (broad SMARTS) is 1. The first kappa shape index (κ1) is 23.3. The van der Waals surface area contributed by atoms with E-state index in [4.69, 9.17) is 10.5 Å². The molecule has 32 heavy (non-hydrogen) atoms. The van der Waals surface area contributed by atoms with Crippen molar-refractivity contribution in [1.29, 1.82) is 0 Å². The predicted octanol–water partition coefficient (Wildman–Crippen LogP) is 2.78. The van der Waals surface area contributed by atoms with Crippen molar-refractivity contribution in [3.05, 3.63) is 16.3 Å². The number of hydrogen-bond donors (Lipinski definition) is 3. The fourth-order valence-corrected chi connectivity index (χ4v) is 7.02. The van der Waals surface area contributed by atoms with Crippen LogP contribution in [0.1, 0.15) is 63.3 Å². The third-order valence-electron chi connectivity index (χ3n) is 6.32. The third kappa shape index (κ3) is 3.99. The topological polar surface area (TPSA) is 122 Å². The number of alkyl halides is 1. The van der Waals surface area contributed by atoms with Crippen LogP contribution in [0.15, 0.2) is 11.4 Å². The van der Waals surface area contributed by atoms with Gasteiger partial charge in [-0.25, -0.2) is 9.18 Å². The maximum atomic E-state index is 15.5. The smallest absolute Gasteiger partial charge is 0.327 e. The summed E-state index contributed by atoms with van der Waals surface area (Å²) in [7, 11) is 0. The number of hydrogen-bond acceptors (Lipinski definition) is 7. The molecule has 3 aliphatic rings. The Bertz CT molecular complexity index is 917. The van der Waals surface area contributed by atoms with E-state index in [1.54, 1.807) is 25.3 Å². The van der Waals surface area contributed by atoms with Gasteiger partial charge >= 0.3 is 5.97 Å². The van der Waals surface area contributed by atoms with Gasteiger partial charge in [0.2, 0.25) is 5.91 Å². The zero-order valence-electron chi connectivity index (χ0n) is 18.0. The molecule has 176 valence electrons. The van der Waals surface area contributed by atoms with Gasteiger partial charge in [0.05, 0.1) is 6.10 Å². The Kier molecular flexibility index (Phi) is 6.19. The van der Waals surface area contributed by atoms with Crippen LogP contribution in [0.2, 0.25) is 0 Å². The van der Waals surface area contributed by atoms with E-state index < -0.39 is 45.8 Å². The number of thiophene rings is 1. The van der Waals surface area contributed by atoms with Crippen LogP contribution in [0, 0.1) is 0 Å². The molecule has 1 aliphatic carbocycles. The van der Waals surface area contributed by atoms with E-state index in [2.05, 4.69) is 5.32 Å². The molecule has 2 unspecified atom stereocenters. The SMILES string of the molecule is CC1(C)S[C@H]2N(C(=O)C2(F)NC(=O)C(N)c2cc(OC3CCCCCC3)cs2)[C@H]1C(=O)O. The molecule has 1 aromatic heterocycles. The highest BCUT2D eigenvalue weighted by atomic mass is 32.2. The molecule has 2 amide bonds. The molecular formula is C21H28FN3O5S2. The number of carboxylic acids is 1. The van der Waals surface area contributed by atoms with Crippen molar-refractivity contribution in [1.82, 2.24) is 10.2 Å². The fourth-order valence-electron chi connectivity index (χ4n) is 4.63. The molecule has 2 saturated heterocycles. The van der Waals surface area contributed by atoms with Crippen molar-refractivity contribution >= 4 is 40.9 Å². The fraction of sp³-hybridized carbons (Fsp3) is 0.667. The number of carbonyl (C=O) groups is 3. The minimum Gasteiger partial charge on any atom is -0.490 e. The summed E-state index contributed by atoms with van der Waals surface area (Å²) in [6.45, 7) is 3.27. The van der Waals surface area contributed by atoms with Gasteiger partial charge in [-0.15, -0.1) is 23.1 Å². The lowest BCUT2D eigenvalue weighted by Crippen LogP contribution is -2.77. The lowest BCUT2D eigenvalue weighted by molar-refractivity contribution is -0.182. The van der Waals surface area contributed by atoms with Crippen LogP contribution in [0.5, 0.6) is 5.75 Å². The van der Waals surface area contributed by atoms with E-state index in [0.29, 0.717) is 10.6 Å². The molecule has 11 heteroatoms. The average Bonchev–Trinajstić information content (AvgIpc) is 3.18. The molecule has 4 rings (SSSR count). The van der Waals surface area contributed by atoms with Crippen LogP contribution >= 0.6 is 23.1 Å². The zero-order chi connectivity index (χ0) is 23.3. The summed E-state index contributed by atoms with van der Waals surface area (Å²) < 4.78 is 20.6. The molecule has 1 saturated carbocycles. The van der Waals surface area contributed by atoms with Gasteiger partial charge in [-0.05, 0) is 45.6 Å². The van der Waals surface area contributed by atoms with E-state index >= 15 is 4.39 Å². The van der Waals surface area contributed by atoms with Gasteiger partial charge in [-0.3, -0.25) is 9.59 Å². The number of thioether (sulfide) groups is 1. The molecule has 8 nitrogen and oxygen atoms in total. The average molecular weight is 486 g/mol. The van der Waals surface area contributed by atoms with Crippen LogP contribution in [0.4, 0.5) is 4.39 Å². The summed E-state index contributed by atoms with van der Waals surface area (Å²) in [6.07, 6.45) is 6.82. The Labute approximate surface area is 194 Å². The van der Waals surface area contributed by atoms with Crippen molar-refractivity contribution in [2.24, 2.45) is 5.73 Å². The molecule has 3 fully saturated rings. The number of nitrogens with two attached hydrogens (primary N) is 1. The Morgan fingerprint density at radius 2 is 1.97 bits per heavy atom. The van der Waals surface area contributed by atoms with Gasteiger partial charge in [0.15, 0.2) is 0 Å². The summed E-state index contributed by atoms with van der Waals surface area (Å²) in [6, 6.07) is -0.649. The Balaban J connectivity index is 1.41. The van der Waals surface area contributed by atoms with Crippen molar-refractivity contribution in [2.75, 3.05) is 0 Å².